The molecule has 8 heteroatoms. The molecular weight excluding hydrogens is 444 g/mol. The normalized spacial score (nSPS) is 15.1. The van der Waals surface area contributed by atoms with E-state index in [0.29, 0.717) is 18.9 Å². The van der Waals surface area contributed by atoms with Crippen LogP contribution in [0.2, 0.25) is 0 Å². The van der Waals surface area contributed by atoms with Gasteiger partial charge in [0.2, 0.25) is 11.8 Å². The van der Waals surface area contributed by atoms with Crippen molar-refractivity contribution in [3.8, 4) is 0 Å². The maximum Gasteiger partial charge on any atom is 0.246 e. The van der Waals surface area contributed by atoms with Gasteiger partial charge in [-0.2, -0.15) is 0 Å². The SMILES string of the molecule is Cc1c(CN(C)C(=O)C=Cc2cnc3c(c2)CNC(C)(C)C(=O)N3)sc2ccccc12.Cl. The fourth-order valence-corrected chi connectivity index (χ4v) is 4.76. The largest absolute Gasteiger partial charge is 0.337 e. The summed E-state index contributed by atoms with van der Waals surface area (Å²) in [7, 11) is 1.81. The Morgan fingerprint density at radius 3 is 2.81 bits per heavy atom. The van der Waals surface area contributed by atoms with Crippen molar-refractivity contribution in [3.05, 3.63) is 64.2 Å². The summed E-state index contributed by atoms with van der Waals surface area (Å²) in [5.74, 6) is 0.374. The Morgan fingerprint density at radius 2 is 2.06 bits per heavy atom. The van der Waals surface area contributed by atoms with Gasteiger partial charge in [-0.1, -0.05) is 18.2 Å². The van der Waals surface area contributed by atoms with Crippen LogP contribution in [0.25, 0.3) is 16.2 Å². The minimum absolute atomic E-state index is 0. The minimum Gasteiger partial charge on any atom is -0.337 e. The molecule has 2 amide bonds. The number of anilines is 1. The molecule has 2 N–H and O–H groups in total. The molecule has 6 nitrogen and oxygen atoms in total. The van der Waals surface area contributed by atoms with Gasteiger partial charge in [-0.05, 0) is 55.5 Å². The standard InChI is InChI=1S/C24H26N4O2S.ClH/c1-15-18-7-5-6-8-19(18)31-20(15)14-28(4)21(29)10-9-16-11-17-13-26-24(2,3)23(30)27-22(17)25-12-16;/h5-12,26H,13-14H2,1-4H3,(H,25,27,30);1H. The smallest absolute Gasteiger partial charge is 0.246 e. The highest BCUT2D eigenvalue weighted by atomic mass is 35.5. The number of hydrogen-bond acceptors (Lipinski definition) is 5. The zero-order chi connectivity index (χ0) is 22.2. The summed E-state index contributed by atoms with van der Waals surface area (Å²) in [6.07, 6.45) is 5.00. The van der Waals surface area contributed by atoms with E-state index < -0.39 is 5.54 Å². The van der Waals surface area contributed by atoms with Crippen LogP contribution in [0.1, 0.15) is 35.4 Å². The molecule has 4 rings (SSSR count). The zero-order valence-electron chi connectivity index (χ0n) is 18.6. The quantitative estimate of drug-likeness (QED) is 0.550. The van der Waals surface area contributed by atoms with Gasteiger partial charge in [0.1, 0.15) is 5.82 Å². The first-order chi connectivity index (χ1) is 14.7. The molecule has 1 aliphatic heterocycles. The van der Waals surface area contributed by atoms with Crippen LogP contribution in [0.3, 0.4) is 0 Å². The molecule has 2 aromatic heterocycles. The molecule has 0 aliphatic carbocycles. The van der Waals surface area contributed by atoms with Crippen molar-refractivity contribution in [2.24, 2.45) is 0 Å². The summed E-state index contributed by atoms with van der Waals surface area (Å²) >= 11 is 1.73. The molecule has 3 aromatic rings. The van der Waals surface area contributed by atoms with Crippen molar-refractivity contribution in [3.63, 3.8) is 0 Å². The summed E-state index contributed by atoms with van der Waals surface area (Å²) in [5, 5.41) is 7.34. The predicted octanol–water partition coefficient (Wildman–Crippen LogP) is 4.52. The second-order valence-electron chi connectivity index (χ2n) is 8.38. The number of aromatic nitrogens is 1. The first-order valence-electron chi connectivity index (χ1n) is 10.2. The lowest BCUT2D eigenvalue weighted by Crippen LogP contribution is -2.47. The zero-order valence-corrected chi connectivity index (χ0v) is 20.2. The number of rotatable bonds is 4. The van der Waals surface area contributed by atoms with E-state index in [9.17, 15) is 9.59 Å². The van der Waals surface area contributed by atoms with Crippen molar-refractivity contribution >= 4 is 57.5 Å². The third-order valence-corrected chi connectivity index (χ3v) is 6.88. The average molecular weight is 471 g/mol. The number of thiophene rings is 1. The molecule has 0 fully saturated rings. The number of likely N-dealkylation sites (N-methyl/N-ethyl adjacent to an activating group) is 1. The Labute approximate surface area is 198 Å². The molecule has 3 heterocycles. The number of carbonyl (C=O) groups is 2. The summed E-state index contributed by atoms with van der Waals surface area (Å²) < 4.78 is 1.24. The number of aryl methyl sites for hydroxylation is 1. The number of benzene rings is 1. The highest BCUT2D eigenvalue weighted by Crippen LogP contribution is 2.31. The van der Waals surface area contributed by atoms with Gasteiger partial charge < -0.3 is 10.2 Å². The Hall–Kier alpha value is -2.74. The van der Waals surface area contributed by atoms with Crippen LogP contribution in [0.4, 0.5) is 5.82 Å². The Balaban J connectivity index is 0.00000289. The third-order valence-electron chi connectivity index (χ3n) is 5.63. The van der Waals surface area contributed by atoms with Crippen molar-refractivity contribution < 1.29 is 9.59 Å². The first kappa shape index (κ1) is 23.9. The lowest BCUT2D eigenvalue weighted by atomic mass is 10.1. The monoisotopic (exact) mass is 470 g/mol. The second-order valence-corrected chi connectivity index (χ2v) is 9.52. The lowest BCUT2D eigenvalue weighted by Gasteiger charge is -2.21. The van der Waals surface area contributed by atoms with Gasteiger partial charge in [0.15, 0.2) is 0 Å². The van der Waals surface area contributed by atoms with E-state index in [4.69, 9.17) is 0 Å². The summed E-state index contributed by atoms with van der Waals surface area (Å²) in [6.45, 7) is 6.87. The van der Waals surface area contributed by atoms with Gasteiger partial charge in [-0.3, -0.25) is 14.9 Å². The van der Waals surface area contributed by atoms with Crippen molar-refractivity contribution in [1.82, 2.24) is 15.2 Å². The fourth-order valence-electron chi connectivity index (χ4n) is 3.49. The molecule has 0 unspecified atom stereocenters. The molecule has 0 atom stereocenters. The molecule has 1 aromatic carbocycles. The van der Waals surface area contributed by atoms with E-state index in [1.54, 1.807) is 34.6 Å². The van der Waals surface area contributed by atoms with Gasteiger partial charge in [-0.15, -0.1) is 23.7 Å². The first-order valence-corrected chi connectivity index (χ1v) is 11.0. The molecule has 0 saturated heterocycles. The van der Waals surface area contributed by atoms with Gasteiger partial charge in [0, 0.05) is 41.0 Å². The Kier molecular flexibility index (Phi) is 7.03. The number of hydrogen-bond donors (Lipinski definition) is 2. The van der Waals surface area contributed by atoms with Gasteiger partial charge in [0.25, 0.3) is 0 Å². The van der Waals surface area contributed by atoms with E-state index in [-0.39, 0.29) is 24.2 Å². The number of halogens is 1. The minimum atomic E-state index is -0.667. The van der Waals surface area contributed by atoms with Crippen LogP contribution in [-0.2, 0) is 22.7 Å². The summed E-state index contributed by atoms with van der Waals surface area (Å²) in [4.78, 5) is 32.2. The van der Waals surface area contributed by atoms with E-state index >= 15 is 0 Å². The highest BCUT2D eigenvalue weighted by molar-refractivity contribution is 7.19. The van der Waals surface area contributed by atoms with Crippen LogP contribution < -0.4 is 10.6 Å². The number of pyridine rings is 1. The van der Waals surface area contributed by atoms with E-state index in [1.807, 2.05) is 39.1 Å². The third kappa shape index (κ3) is 4.85. The van der Waals surface area contributed by atoms with E-state index in [2.05, 4.69) is 34.7 Å². The van der Waals surface area contributed by atoms with Crippen LogP contribution in [0, 0.1) is 6.92 Å². The van der Waals surface area contributed by atoms with Crippen molar-refractivity contribution in [1.29, 1.82) is 0 Å². The molecule has 1 aliphatic rings. The average Bonchev–Trinajstić information content (AvgIpc) is 3.00. The Bertz CT molecular complexity index is 1200. The van der Waals surface area contributed by atoms with Gasteiger partial charge >= 0.3 is 0 Å². The predicted molar refractivity (Wildman–Crippen MR) is 133 cm³/mol. The molecule has 32 heavy (non-hydrogen) atoms. The van der Waals surface area contributed by atoms with E-state index in [1.165, 1.54) is 20.5 Å². The highest BCUT2D eigenvalue weighted by Gasteiger charge is 2.30. The summed E-state index contributed by atoms with van der Waals surface area (Å²) in [5.41, 5.74) is 2.27. The van der Waals surface area contributed by atoms with Gasteiger partial charge in [-0.25, -0.2) is 4.98 Å². The fraction of sp³-hybridized carbons (Fsp3) is 0.292. The molecular formula is C24H27ClN4O2S. The van der Waals surface area contributed by atoms with Gasteiger partial charge in [0.05, 0.1) is 12.1 Å². The molecule has 0 radical (unpaired) electrons. The van der Waals surface area contributed by atoms with Crippen LogP contribution >= 0.6 is 23.7 Å². The lowest BCUT2D eigenvalue weighted by molar-refractivity contribution is -0.125. The number of nitrogens with zero attached hydrogens (tertiary/aromatic N) is 2. The number of amides is 2. The van der Waals surface area contributed by atoms with Crippen LogP contribution in [0.15, 0.2) is 42.6 Å². The van der Waals surface area contributed by atoms with Crippen LogP contribution in [0.5, 0.6) is 0 Å². The van der Waals surface area contributed by atoms with Crippen molar-refractivity contribution in [2.75, 3.05) is 12.4 Å². The summed E-state index contributed by atoms with van der Waals surface area (Å²) in [6, 6.07) is 10.3. The topological polar surface area (TPSA) is 74.3 Å². The van der Waals surface area contributed by atoms with Crippen molar-refractivity contribution in [2.45, 2.75) is 39.4 Å². The maximum atomic E-state index is 12.7. The molecule has 168 valence electrons. The molecule has 0 spiro atoms. The van der Waals surface area contributed by atoms with Crippen LogP contribution in [-0.4, -0.2) is 34.3 Å². The molecule has 0 bridgehead atoms. The number of nitrogens with one attached hydrogen (secondary N) is 2. The Morgan fingerprint density at radius 1 is 1.31 bits per heavy atom. The maximum absolute atomic E-state index is 12.7. The van der Waals surface area contributed by atoms with E-state index in [0.717, 1.165) is 11.1 Å². The molecule has 0 saturated carbocycles. The number of carbonyl (C=O) groups excluding carboxylic acids is 2. The number of fused-ring (bicyclic) bond motifs is 2. The second kappa shape index (κ2) is 9.40.